The fraction of sp³-hybridized carbons (Fsp3) is 0.594. The van der Waals surface area contributed by atoms with Crippen molar-refractivity contribution in [2.75, 3.05) is 24.6 Å². The molecule has 7 atom stereocenters. The Hall–Kier alpha value is -2.58. The lowest BCUT2D eigenvalue weighted by molar-refractivity contribution is -0.147. The van der Waals surface area contributed by atoms with Crippen molar-refractivity contribution >= 4 is 35.2 Å². The third-order valence-corrected chi connectivity index (χ3v) is 11.0. The average molecular weight is 566 g/mol. The molecule has 0 radical (unpaired) electrons. The summed E-state index contributed by atoms with van der Waals surface area (Å²) in [7, 11) is 0. The Morgan fingerprint density at radius 2 is 1.68 bits per heavy atom. The molecule has 0 aromatic heterocycles. The molecule has 0 aliphatic carbocycles. The lowest BCUT2D eigenvalue weighted by Crippen LogP contribution is -2.58. The monoisotopic (exact) mass is 565 g/mol. The molecule has 4 heterocycles. The van der Waals surface area contributed by atoms with E-state index in [9.17, 15) is 19.5 Å². The molecule has 2 saturated heterocycles. The van der Waals surface area contributed by atoms with Crippen LogP contribution in [-0.2, 0) is 14.4 Å². The fourth-order valence-electron chi connectivity index (χ4n) is 7.50. The molecule has 5 rings (SSSR count). The molecule has 1 N–H and O–H groups in total. The zero-order valence-electron chi connectivity index (χ0n) is 24.3. The molecule has 40 heavy (non-hydrogen) atoms. The van der Waals surface area contributed by atoms with Gasteiger partial charge in [-0.15, -0.1) is 11.8 Å². The van der Waals surface area contributed by atoms with E-state index in [0.29, 0.717) is 19.5 Å². The van der Waals surface area contributed by atoms with Crippen LogP contribution in [0.2, 0.25) is 0 Å². The summed E-state index contributed by atoms with van der Waals surface area (Å²) in [5.74, 6) is -1.49. The molecule has 7 nitrogen and oxygen atoms in total. The van der Waals surface area contributed by atoms with Crippen molar-refractivity contribution in [1.82, 2.24) is 9.80 Å². The molecule has 4 aliphatic rings. The number of anilines is 1. The van der Waals surface area contributed by atoms with E-state index in [1.165, 1.54) is 0 Å². The van der Waals surface area contributed by atoms with Crippen molar-refractivity contribution < 1.29 is 19.5 Å². The number of nitrogens with zero attached hydrogens (tertiary/aromatic N) is 3. The van der Waals surface area contributed by atoms with E-state index in [4.69, 9.17) is 0 Å². The smallest absolute Gasteiger partial charge is 0.247 e. The maximum absolute atomic E-state index is 14.7. The van der Waals surface area contributed by atoms with Crippen molar-refractivity contribution in [1.29, 1.82) is 0 Å². The Morgan fingerprint density at radius 3 is 2.33 bits per heavy atom. The van der Waals surface area contributed by atoms with Gasteiger partial charge in [-0.2, -0.15) is 0 Å². The second-order valence-electron chi connectivity index (χ2n) is 12.4. The van der Waals surface area contributed by atoms with E-state index >= 15 is 0 Å². The number of fused-ring (bicyclic) bond motifs is 2. The van der Waals surface area contributed by atoms with E-state index in [0.717, 1.165) is 18.5 Å². The third kappa shape index (κ3) is 4.51. The number of aliphatic hydroxyl groups is 1. The van der Waals surface area contributed by atoms with Gasteiger partial charge < -0.3 is 19.8 Å². The Bertz CT molecular complexity index is 1200. The standard InChI is InChI=1S/C32H43N3O4S/c1-6-12-22(4)33-17-11-16-32-26(29(38)35(27(32)30(33)39)24(20-36)19-21(2)3)25-28(37)34(23-13-8-7-9-14-23)18-10-15-31(25,5)40-32/h7-11,13-16,21-22,24-27,36H,6,12,17-20H2,1-5H3/t22?,24-,25-,26+,27?,31+,32+/m1/s1. The van der Waals surface area contributed by atoms with Gasteiger partial charge in [0.1, 0.15) is 6.04 Å². The Kier molecular flexibility index (Phi) is 7.96. The first-order valence-electron chi connectivity index (χ1n) is 14.7. The van der Waals surface area contributed by atoms with Gasteiger partial charge in [-0.1, -0.05) is 69.7 Å². The van der Waals surface area contributed by atoms with E-state index in [-0.39, 0.29) is 36.3 Å². The highest BCUT2D eigenvalue weighted by molar-refractivity contribution is 8.02. The lowest BCUT2D eigenvalue weighted by atomic mass is 9.74. The molecule has 4 aliphatic heterocycles. The van der Waals surface area contributed by atoms with Crippen molar-refractivity contribution in [2.24, 2.45) is 17.8 Å². The number of benzene rings is 1. The van der Waals surface area contributed by atoms with Crippen molar-refractivity contribution in [2.45, 2.75) is 81.5 Å². The van der Waals surface area contributed by atoms with Crippen LogP contribution in [0.25, 0.3) is 0 Å². The molecule has 216 valence electrons. The number of aliphatic hydroxyl groups excluding tert-OH is 1. The van der Waals surface area contributed by atoms with Crippen LogP contribution in [0, 0.1) is 17.8 Å². The Balaban J connectivity index is 1.65. The predicted octanol–water partition coefficient (Wildman–Crippen LogP) is 4.27. The van der Waals surface area contributed by atoms with Gasteiger partial charge in [0.05, 0.1) is 29.2 Å². The summed E-state index contributed by atoms with van der Waals surface area (Å²) < 4.78 is -1.56. The van der Waals surface area contributed by atoms with Crippen LogP contribution >= 0.6 is 11.8 Å². The molecular weight excluding hydrogens is 522 g/mol. The van der Waals surface area contributed by atoms with Gasteiger partial charge in [-0.3, -0.25) is 14.4 Å². The van der Waals surface area contributed by atoms with Gasteiger partial charge >= 0.3 is 0 Å². The summed E-state index contributed by atoms with van der Waals surface area (Å²) in [5, 5.41) is 10.6. The number of para-hydroxylation sites is 1. The topological polar surface area (TPSA) is 81.2 Å². The Labute approximate surface area is 242 Å². The van der Waals surface area contributed by atoms with E-state index in [1.54, 1.807) is 21.6 Å². The summed E-state index contributed by atoms with van der Waals surface area (Å²) in [6, 6.07) is 8.34. The highest BCUT2D eigenvalue weighted by Crippen LogP contribution is 2.66. The van der Waals surface area contributed by atoms with Crippen molar-refractivity contribution in [3.8, 4) is 0 Å². The van der Waals surface area contributed by atoms with Gasteiger partial charge in [0.25, 0.3) is 0 Å². The quantitative estimate of drug-likeness (QED) is 0.476. The summed E-state index contributed by atoms with van der Waals surface area (Å²) in [6.45, 7) is 11.0. The van der Waals surface area contributed by atoms with Gasteiger partial charge in [0.15, 0.2) is 0 Å². The van der Waals surface area contributed by atoms with Crippen molar-refractivity contribution in [3.05, 3.63) is 54.6 Å². The van der Waals surface area contributed by atoms with Gasteiger partial charge in [0.2, 0.25) is 17.7 Å². The number of amides is 3. The second kappa shape index (κ2) is 11.0. The molecule has 2 fully saturated rings. The highest BCUT2D eigenvalue weighted by atomic mass is 32.2. The number of carbonyl (C=O) groups is 3. The molecule has 1 aromatic rings. The highest BCUT2D eigenvalue weighted by Gasteiger charge is 2.74. The molecule has 1 spiro atoms. The van der Waals surface area contributed by atoms with Gasteiger partial charge in [-0.25, -0.2) is 0 Å². The van der Waals surface area contributed by atoms with Crippen LogP contribution in [0.3, 0.4) is 0 Å². The van der Waals surface area contributed by atoms with E-state index in [1.807, 2.05) is 54.3 Å². The number of thioether (sulfide) groups is 1. The Morgan fingerprint density at radius 1 is 0.975 bits per heavy atom. The molecular formula is C32H43N3O4S. The largest absolute Gasteiger partial charge is 0.394 e. The first-order chi connectivity index (χ1) is 19.1. The second-order valence-corrected chi connectivity index (χ2v) is 14.2. The molecule has 3 amide bonds. The van der Waals surface area contributed by atoms with Gasteiger partial charge in [0, 0.05) is 29.6 Å². The maximum atomic E-state index is 14.7. The predicted molar refractivity (Wildman–Crippen MR) is 160 cm³/mol. The normalized spacial score (nSPS) is 33.1. The summed E-state index contributed by atoms with van der Waals surface area (Å²) >= 11 is 1.60. The van der Waals surface area contributed by atoms with Crippen LogP contribution in [0.5, 0.6) is 0 Å². The first-order valence-corrected chi connectivity index (χ1v) is 15.6. The summed E-state index contributed by atoms with van der Waals surface area (Å²) in [5.41, 5.74) is 0.797. The SMILES string of the molecule is CCCC(C)N1CC=C[C@]23S[C@@]4(C)C=CCN(c5ccccc5)C(=O)[C@H]4[C@H]2C(=O)N([C@@H](CO)CC(C)C)C3C1=O. The number of rotatable bonds is 8. The first kappa shape index (κ1) is 28.9. The molecule has 2 unspecified atom stereocenters. The maximum Gasteiger partial charge on any atom is 0.247 e. The minimum atomic E-state index is -0.904. The number of likely N-dealkylation sites (tertiary alicyclic amines) is 1. The minimum Gasteiger partial charge on any atom is -0.394 e. The fourth-order valence-corrected chi connectivity index (χ4v) is 9.65. The zero-order chi connectivity index (χ0) is 28.8. The molecule has 1 aromatic carbocycles. The average Bonchev–Trinajstić information content (AvgIpc) is 3.19. The van der Waals surface area contributed by atoms with Crippen LogP contribution < -0.4 is 4.90 Å². The number of hydrogen-bond acceptors (Lipinski definition) is 5. The van der Waals surface area contributed by atoms with E-state index in [2.05, 4.69) is 39.8 Å². The van der Waals surface area contributed by atoms with Crippen LogP contribution in [0.1, 0.15) is 53.9 Å². The number of hydrogen-bond donors (Lipinski definition) is 1. The molecule has 0 saturated carbocycles. The third-order valence-electron chi connectivity index (χ3n) is 9.18. The van der Waals surface area contributed by atoms with Crippen LogP contribution in [-0.4, -0.2) is 79.9 Å². The molecule has 0 bridgehead atoms. The number of carbonyl (C=O) groups excluding carboxylic acids is 3. The van der Waals surface area contributed by atoms with Crippen LogP contribution in [0.4, 0.5) is 5.69 Å². The van der Waals surface area contributed by atoms with E-state index < -0.39 is 33.4 Å². The summed E-state index contributed by atoms with van der Waals surface area (Å²) in [4.78, 5) is 49.1. The lowest BCUT2D eigenvalue weighted by Gasteiger charge is -2.41. The van der Waals surface area contributed by atoms with Crippen molar-refractivity contribution in [3.63, 3.8) is 0 Å². The molecule has 8 heteroatoms. The summed E-state index contributed by atoms with van der Waals surface area (Å²) in [6.07, 6.45) is 10.6. The zero-order valence-corrected chi connectivity index (χ0v) is 25.1. The minimum absolute atomic E-state index is 0.0218. The van der Waals surface area contributed by atoms with Gasteiger partial charge in [-0.05, 0) is 44.7 Å². The van der Waals surface area contributed by atoms with Crippen LogP contribution in [0.15, 0.2) is 54.6 Å².